The van der Waals surface area contributed by atoms with Gasteiger partial charge in [0.05, 0.1) is 5.56 Å². The quantitative estimate of drug-likeness (QED) is 0.869. The van der Waals surface area contributed by atoms with Crippen molar-refractivity contribution in [2.24, 2.45) is 5.73 Å². The van der Waals surface area contributed by atoms with E-state index in [1.165, 1.54) is 12.1 Å². The van der Waals surface area contributed by atoms with Gasteiger partial charge in [0.2, 0.25) is 0 Å². The van der Waals surface area contributed by atoms with Gasteiger partial charge in [-0.3, -0.25) is 0 Å². The maximum Gasteiger partial charge on any atom is 0.416 e. The average Bonchev–Trinajstić information content (AvgIpc) is 3.18. The molecule has 20 heavy (non-hydrogen) atoms. The van der Waals surface area contributed by atoms with Gasteiger partial charge in [-0.2, -0.15) is 13.2 Å². The molecule has 0 aliphatic heterocycles. The van der Waals surface area contributed by atoms with Crippen molar-refractivity contribution < 1.29 is 13.2 Å². The van der Waals surface area contributed by atoms with Crippen molar-refractivity contribution in [2.45, 2.75) is 24.6 Å². The largest absolute Gasteiger partial charge is 0.416 e. The summed E-state index contributed by atoms with van der Waals surface area (Å²) in [7, 11) is 0. The molecule has 0 heterocycles. The second-order valence-electron chi connectivity index (χ2n) is 5.31. The van der Waals surface area contributed by atoms with Gasteiger partial charge in [-0.25, -0.2) is 0 Å². The Morgan fingerprint density at radius 1 is 0.900 bits per heavy atom. The summed E-state index contributed by atoms with van der Waals surface area (Å²) in [6.07, 6.45) is -2.37. The lowest BCUT2D eigenvalue weighted by Crippen LogP contribution is -2.18. The molecule has 2 aromatic rings. The lowest BCUT2D eigenvalue weighted by atomic mass is 9.98. The standard InChI is InChI=1S/C16H14F3N/c17-16(18,19)13-6-4-11(5-7-13)12-2-1-3-14(10-12)15(20)8-9-15/h1-7,10H,8-9,20H2. The van der Waals surface area contributed by atoms with Crippen molar-refractivity contribution in [1.82, 2.24) is 0 Å². The molecule has 4 heteroatoms. The van der Waals surface area contributed by atoms with E-state index in [1.807, 2.05) is 24.3 Å². The van der Waals surface area contributed by atoms with Crippen LogP contribution in [0.2, 0.25) is 0 Å². The second kappa shape index (κ2) is 4.35. The molecule has 2 aromatic carbocycles. The summed E-state index contributed by atoms with van der Waals surface area (Å²) in [5.74, 6) is 0. The van der Waals surface area contributed by atoms with Gasteiger partial charge in [0, 0.05) is 5.54 Å². The van der Waals surface area contributed by atoms with Gasteiger partial charge in [-0.05, 0) is 47.7 Å². The van der Waals surface area contributed by atoms with Crippen LogP contribution in [0.3, 0.4) is 0 Å². The smallest absolute Gasteiger partial charge is 0.321 e. The summed E-state index contributed by atoms with van der Waals surface area (Å²) in [4.78, 5) is 0. The van der Waals surface area contributed by atoms with Gasteiger partial charge in [0.25, 0.3) is 0 Å². The fraction of sp³-hybridized carbons (Fsp3) is 0.250. The highest BCUT2D eigenvalue weighted by molar-refractivity contribution is 5.65. The molecule has 0 spiro atoms. The van der Waals surface area contributed by atoms with Crippen LogP contribution in [0.4, 0.5) is 13.2 Å². The van der Waals surface area contributed by atoms with Crippen LogP contribution in [-0.2, 0) is 11.7 Å². The van der Waals surface area contributed by atoms with Crippen molar-refractivity contribution >= 4 is 0 Å². The zero-order valence-electron chi connectivity index (χ0n) is 10.7. The summed E-state index contributed by atoms with van der Waals surface area (Å²) in [5.41, 5.74) is 8.00. The van der Waals surface area contributed by atoms with Crippen molar-refractivity contribution in [3.63, 3.8) is 0 Å². The third-order valence-electron chi connectivity index (χ3n) is 3.77. The molecule has 1 saturated carbocycles. The third kappa shape index (κ3) is 2.43. The van der Waals surface area contributed by atoms with Crippen LogP contribution in [0.5, 0.6) is 0 Å². The van der Waals surface area contributed by atoms with E-state index in [4.69, 9.17) is 5.73 Å². The first-order valence-corrected chi connectivity index (χ1v) is 6.46. The van der Waals surface area contributed by atoms with Gasteiger partial charge >= 0.3 is 6.18 Å². The van der Waals surface area contributed by atoms with Crippen LogP contribution in [-0.4, -0.2) is 0 Å². The zero-order chi connectivity index (χ0) is 14.4. The van der Waals surface area contributed by atoms with Crippen LogP contribution >= 0.6 is 0 Å². The van der Waals surface area contributed by atoms with E-state index in [9.17, 15) is 13.2 Å². The lowest BCUT2D eigenvalue weighted by Gasteiger charge is -2.12. The van der Waals surface area contributed by atoms with Crippen LogP contribution < -0.4 is 5.73 Å². The Kier molecular flexibility index (Phi) is 2.87. The van der Waals surface area contributed by atoms with Crippen molar-refractivity contribution in [3.8, 4) is 11.1 Å². The number of halogens is 3. The van der Waals surface area contributed by atoms with Crippen LogP contribution in [0, 0.1) is 0 Å². The van der Waals surface area contributed by atoms with E-state index < -0.39 is 11.7 Å². The molecule has 0 atom stereocenters. The third-order valence-corrected chi connectivity index (χ3v) is 3.77. The van der Waals surface area contributed by atoms with Crippen LogP contribution in [0.25, 0.3) is 11.1 Å². The molecular formula is C16H14F3N. The van der Waals surface area contributed by atoms with E-state index in [1.54, 1.807) is 0 Å². The highest BCUT2D eigenvalue weighted by Gasteiger charge is 2.39. The van der Waals surface area contributed by atoms with E-state index in [2.05, 4.69) is 0 Å². The average molecular weight is 277 g/mol. The predicted molar refractivity (Wildman–Crippen MR) is 72.0 cm³/mol. The van der Waals surface area contributed by atoms with Crippen molar-refractivity contribution in [1.29, 1.82) is 0 Å². The molecule has 0 aromatic heterocycles. The summed E-state index contributed by atoms with van der Waals surface area (Å²) in [6, 6.07) is 12.9. The lowest BCUT2D eigenvalue weighted by molar-refractivity contribution is -0.137. The highest BCUT2D eigenvalue weighted by atomic mass is 19.4. The molecule has 1 nitrogen and oxygen atoms in total. The maximum atomic E-state index is 12.5. The molecule has 0 unspecified atom stereocenters. The monoisotopic (exact) mass is 277 g/mol. The minimum absolute atomic E-state index is 0.234. The molecule has 1 aliphatic carbocycles. The Hall–Kier alpha value is -1.81. The summed E-state index contributed by atoms with van der Waals surface area (Å²) < 4.78 is 37.6. The number of hydrogen-bond donors (Lipinski definition) is 1. The molecule has 1 aliphatic rings. The fourth-order valence-corrected chi connectivity index (χ4v) is 2.28. The first-order chi connectivity index (χ1) is 9.38. The fourth-order valence-electron chi connectivity index (χ4n) is 2.28. The second-order valence-corrected chi connectivity index (χ2v) is 5.31. The number of hydrogen-bond acceptors (Lipinski definition) is 1. The SMILES string of the molecule is NC1(c2cccc(-c3ccc(C(F)(F)F)cc3)c2)CC1. The molecule has 0 amide bonds. The number of benzene rings is 2. The van der Waals surface area contributed by atoms with Gasteiger partial charge in [-0.15, -0.1) is 0 Å². The first-order valence-electron chi connectivity index (χ1n) is 6.46. The molecular weight excluding hydrogens is 263 g/mol. The van der Waals surface area contributed by atoms with E-state index in [0.717, 1.165) is 41.7 Å². The molecule has 104 valence electrons. The van der Waals surface area contributed by atoms with E-state index >= 15 is 0 Å². The normalized spacial score (nSPS) is 17.0. The van der Waals surface area contributed by atoms with Crippen LogP contribution in [0.15, 0.2) is 48.5 Å². The minimum atomic E-state index is -4.30. The predicted octanol–water partition coefficient (Wildman–Crippen LogP) is 4.32. The topological polar surface area (TPSA) is 26.0 Å². The zero-order valence-corrected chi connectivity index (χ0v) is 10.7. The number of alkyl halides is 3. The van der Waals surface area contributed by atoms with Gasteiger partial charge in [-0.1, -0.05) is 30.3 Å². The molecule has 3 rings (SSSR count). The number of nitrogens with two attached hydrogens (primary N) is 1. The Labute approximate surface area is 115 Å². The first kappa shape index (κ1) is 13.2. The Bertz CT molecular complexity index is 625. The Morgan fingerprint density at radius 3 is 2.10 bits per heavy atom. The number of rotatable bonds is 2. The molecule has 1 fully saturated rings. The molecule has 0 saturated heterocycles. The molecule has 0 bridgehead atoms. The van der Waals surface area contributed by atoms with Crippen LogP contribution in [0.1, 0.15) is 24.0 Å². The molecule has 2 N–H and O–H groups in total. The van der Waals surface area contributed by atoms with Gasteiger partial charge < -0.3 is 5.73 Å². The van der Waals surface area contributed by atoms with Crippen molar-refractivity contribution in [2.75, 3.05) is 0 Å². The van der Waals surface area contributed by atoms with E-state index in [0.29, 0.717) is 0 Å². The van der Waals surface area contributed by atoms with Gasteiger partial charge in [0.15, 0.2) is 0 Å². The van der Waals surface area contributed by atoms with Crippen molar-refractivity contribution in [3.05, 3.63) is 59.7 Å². The summed E-state index contributed by atoms with van der Waals surface area (Å²) in [5, 5.41) is 0. The Morgan fingerprint density at radius 2 is 1.55 bits per heavy atom. The van der Waals surface area contributed by atoms with Gasteiger partial charge in [0.1, 0.15) is 0 Å². The highest BCUT2D eigenvalue weighted by Crippen LogP contribution is 2.43. The minimum Gasteiger partial charge on any atom is -0.321 e. The summed E-state index contributed by atoms with van der Waals surface area (Å²) >= 11 is 0. The van der Waals surface area contributed by atoms with E-state index in [-0.39, 0.29) is 5.54 Å². The molecule has 0 radical (unpaired) electrons. The maximum absolute atomic E-state index is 12.5. The summed E-state index contributed by atoms with van der Waals surface area (Å²) in [6.45, 7) is 0. The Balaban J connectivity index is 1.93.